The SMILES string of the molecule is CCNC(=NCC1CC1)NCCN1CCc2cc(OC)c(OC)cc2C1.I. The van der Waals surface area contributed by atoms with Gasteiger partial charge in [-0.2, -0.15) is 0 Å². The Morgan fingerprint density at radius 3 is 2.48 bits per heavy atom. The lowest BCUT2D eigenvalue weighted by molar-refractivity contribution is 0.256. The molecule has 1 aliphatic heterocycles. The second kappa shape index (κ2) is 10.9. The first-order valence-corrected chi connectivity index (χ1v) is 9.71. The second-order valence-corrected chi connectivity index (χ2v) is 7.09. The van der Waals surface area contributed by atoms with Gasteiger partial charge in [0.25, 0.3) is 0 Å². The van der Waals surface area contributed by atoms with Gasteiger partial charge in [-0.15, -0.1) is 24.0 Å². The number of ether oxygens (including phenoxy) is 2. The fourth-order valence-electron chi connectivity index (χ4n) is 3.33. The second-order valence-electron chi connectivity index (χ2n) is 7.09. The van der Waals surface area contributed by atoms with Crippen LogP contribution in [0.1, 0.15) is 30.9 Å². The summed E-state index contributed by atoms with van der Waals surface area (Å²) < 4.78 is 10.9. The molecule has 27 heavy (non-hydrogen) atoms. The minimum absolute atomic E-state index is 0. The van der Waals surface area contributed by atoms with Crippen molar-refractivity contribution < 1.29 is 9.47 Å². The van der Waals surface area contributed by atoms with Crippen LogP contribution >= 0.6 is 24.0 Å². The molecule has 6 nitrogen and oxygen atoms in total. The van der Waals surface area contributed by atoms with Crippen molar-refractivity contribution >= 4 is 29.9 Å². The van der Waals surface area contributed by atoms with Gasteiger partial charge in [0, 0.05) is 39.3 Å². The normalized spacial score (nSPS) is 16.9. The largest absolute Gasteiger partial charge is 0.493 e. The lowest BCUT2D eigenvalue weighted by Gasteiger charge is -2.29. The molecular weight excluding hydrogens is 455 g/mol. The van der Waals surface area contributed by atoms with E-state index in [0.717, 1.165) is 69.1 Å². The molecule has 2 N–H and O–H groups in total. The van der Waals surface area contributed by atoms with Gasteiger partial charge in [0.05, 0.1) is 14.2 Å². The lowest BCUT2D eigenvalue weighted by Crippen LogP contribution is -2.42. The molecule has 1 saturated carbocycles. The quantitative estimate of drug-likeness (QED) is 0.335. The predicted molar refractivity (Wildman–Crippen MR) is 121 cm³/mol. The highest BCUT2D eigenvalue weighted by molar-refractivity contribution is 14.0. The fourth-order valence-corrected chi connectivity index (χ4v) is 3.33. The van der Waals surface area contributed by atoms with Crippen LogP contribution in [0.3, 0.4) is 0 Å². The van der Waals surface area contributed by atoms with Crippen LogP contribution in [-0.2, 0) is 13.0 Å². The topological polar surface area (TPSA) is 58.1 Å². The van der Waals surface area contributed by atoms with Crippen molar-refractivity contribution in [3.8, 4) is 11.5 Å². The molecule has 1 heterocycles. The molecule has 2 aliphatic rings. The molecule has 7 heteroatoms. The van der Waals surface area contributed by atoms with Crippen molar-refractivity contribution in [3.05, 3.63) is 23.3 Å². The standard InChI is InChI=1S/C20H32N4O2.HI/c1-4-21-20(23-13-15-5-6-15)22-8-10-24-9-7-16-11-18(25-2)19(26-3)12-17(16)14-24;/h11-12,15H,4-10,13-14H2,1-3H3,(H2,21,22,23);1H. The average molecular weight is 488 g/mol. The number of methoxy groups -OCH3 is 2. The summed E-state index contributed by atoms with van der Waals surface area (Å²) in [7, 11) is 3.38. The monoisotopic (exact) mass is 488 g/mol. The van der Waals surface area contributed by atoms with E-state index in [4.69, 9.17) is 9.47 Å². The highest BCUT2D eigenvalue weighted by Gasteiger charge is 2.21. The first kappa shape index (κ1) is 22.1. The maximum atomic E-state index is 5.45. The zero-order valence-corrected chi connectivity index (χ0v) is 19.0. The van der Waals surface area contributed by atoms with Crippen molar-refractivity contribution in [2.45, 2.75) is 32.7 Å². The van der Waals surface area contributed by atoms with Crippen molar-refractivity contribution in [1.82, 2.24) is 15.5 Å². The van der Waals surface area contributed by atoms with Gasteiger partial charge in [0.2, 0.25) is 0 Å². The van der Waals surface area contributed by atoms with Crippen molar-refractivity contribution in [1.29, 1.82) is 0 Å². The maximum absolute atomic E-state index is 5.45. The number of nitrogens with zero attached hydrogens (tertiary/aromatic N) is 2. The number of rotatable bonds is 8. The first-order chi connectivity index (χ1) is 12.7. The van der Waals surface area contributed by atoms with Gasteiger partial charge in [-0.25, -0.2) is 0 Å². The summed E-state index contributed by atoms with van der Waals surface area (Å²) in [4.78, 5) is 7.16. The van der Waals surface area contributed by atoms with E-state index in [-0.39, 0.29) is 24.0 Å². The molecule has 1 aromatic rings. The molecule has 0 saturated heterocycles. The third-order valence-electron chi connectivity index (χ3n) is 5.07. The molecule has 0 aromatic heterocycles. The van der Waals surface area contributed by atoms with Crippen LogP contribution in [0.15, 0.2) is 17.1 Å². The number of hydrogen-bond donors (Lipinski definition) is 2. The Hall–Kier alpha value is -1.22. The molecule has 0 spiro atoms. The zero-order valence-electron chi connectivity index (χ0n) is 16.7. The summed E-state index contributed by atoms with van der Waals surface area (Å²) in [5.74, 6) is 3.40. The van der Waals surface area contributed by atoms with E-state index < -0.39 is 0 Å². The Morgan fingerprint density at radius 2 is 1.85 bits per heavy atom. The van der Waals surface area contributed by atoms with Crippen LogP contribution in [0.2, 0.25) is 0 Å². The maximum Gasteiger partial charge on any atom is 0.191 e. The van der Waals surface area contributed by atoms with Gasteiger partial charge >= 0.3 is 0 Å². The van der Waals surface area contributed by atoms with Crippen LogP contribution in [0.25, 0.3) is 0 Å². The van der Waals surface area contributed by atoms with Gasteiger partial charge in [-0.3, -0.25) is 9.89 Å². The Kier molecular flexibility index (Phi) is 8.95. The Morgan fingerprint density at radius 1 is 1.15 bits per heavy atom. The number of halogens is 1. The summed E-state index contributed by atoms with van der Waals surface area (Å²) in [5.41, 5.74) is 2.70. The molecule has 1 fully saturated rings. The molecular formula is C20H33IN4O2. The van der Waals surface area contributed by atoms with E-state index in [1.54, 1.807) is 14.2 Å². The van der Waals surface area contributed by atoms with Crippen LogP contribution in [0.5, 0.6) is 11.5 Å². The van der Waals surface area contributed by atoms with E-state index in [1.807, 2.05) is 0 Å². The molecule has 0 unspecified atom stereocenters. The minimum Gasteiger partial charge on any atom is -0.493 e. The third kappa shape index (κ3) is 6.41. The molecule has 0 atom stereocenters. The number of benzene rings is 1. The molecule has 0 amide bonds. The predicted octanol–water partition coefficient (Wildman–Crippen LogP) is 2.65. The number of nitrogens with one attached hydrogen (secondary N) is 2. The smallest absolute Gasteiger partial charge is 0.191 e. The first-order valence-electron chi connectivity index (χ1n) is 9.71. The summed E-state index contributed by atoms with van der Waals surface area (Å²) in [6.07, 6.45) is 3.72. The Bertz CT molecular complexity index is 635. The van der Waals surface area contributed by atoms with Gasteiger partial charge in [0.1, 0.15) is 0 Å². The average Bonchev–Trinajstić information content (AvgIpc) is 3.49. The number of aliphatic imine (C=N–C) groups is 1. The summed E-state index contributed by atoms with van der Waals surface area (Å²) >= 11 is 0. The van der Waals surface area contributed by atoms with Gasteiger partial charge in [-0.05, 0) is 55.4 Å². The van der Waals surface area contributed by atoms with Crippen LogP contribution in [0, 0.1) is 5.92 Å². The fraction of sp³-hybridized carbons (Fsp3) is 0.650. The molecule has 0 bridgehead atoms. The Balaban J connectivity index is 0.00000261. The van der Waals surface area contributed by atoms with E-state index in [9.17, 15) is 0 Å². The van der Waals surface area contributed by atoms with Crippen LogP contribution in [0.4, 0.5) is 0 Å². The van der Waals surface area contributed by atoms with Gasteiger partial charge < -0.3 is 20.1 Å². The molecule has 152 valence electrons. The molecule has 3 rings (SSSR count). The van der Waals surface area contributed by atoms with Crippen LogP contribution in [-0.4, -0.2) is 57.8 Å². The number of hydrogen-bond acceptors (Lipinski definition) is 4. The van der Waals surface area contributed by atoms with Crippen molar-refractivity contribution in [2.24, 2.45) is 10.9 Å². The number of guanidine groups is 1. The number of fused-ring (bicyclic) bond motifs is 1. The van der Waals surface area contributed by atoms with Crippen LogP contribution < -0.4 is 20.1 Å². The van der Waals surface area contributed by atoms with E-state index in [0.29, 0.717) is 0 Å². The summed E-state index contributed by atoms with van der Waals surface area (Å²) in [6, 6.07) is 4.24. The summed E-state index contributed by atoms with van der Waals surface area (Å²) in [6.45, 7) is 7.88. The van der Waals surface area contributed by atoms with Gasteiger partial charge in [-0.1, -0.05) is 0 Å². The molecule has 1 aliphatic carbocycles. The van der Waals surface area contributed by atoms with Gasteiger partial charge in [0.15, 0.2) is 17.5 Å². The van der Waals surface area contributed by atoms with Crippen molar-refractivity contribution in [2.75, 3.05) is 46.9 Å². The van der Waals surface area contributed by atoms with Crippen molar-refractivity contribution in [3.63, 3.8) is 0 Å². The highest BCUT2D eigenvalue weighted by atomic mass is 127. The van der Waals surface area contributed by atoms with E-state index in [2.05, 4.69) is 39.6 Å². The Labute approximate surface area is 180 Å². The lowest BCUT2D eigenvalue weighted by atomic mass is 9.99. The zero-order chi connectivity index (χ0) is 18.4. The van der Waals surface area contributed by atoms with E-state index in [1.165, 1.54) is 24.0 Å². The highest BCUT2D eigenvalue weighted by Crippen LogP contribution is 2.33. The third-order valence-corrected chi connectivity index (χ3v) is 5.07. The molecule has 0 radical (unpaired) electrons. The summed E-state index contributed by atoms with van der Waals surface area (Å²) in [5, 5.41) is 6.81. The van der Waals surface area contributed by atoms with E-state index >= 15 is 0 Å². The minimum atomic E-state index is 0. The molecule has 1 aromatic carbocycles.